The van der Waals surface area contributed by atoms with Gasteiger partial charge in [0.05, 0.1) is 11.1 Å². The van der Waals surface area contributed by atoms with Gasteiger partial charge in [-0.25, -0.2) is 4.21 Å². The predicted molar refractivity (Wildman–Crippen MR) is 165 cm³/mol. The molecule has 1 unspecified atom stereocenters. The summed E-state index contributed by atoms with van der Waals surface area (Å²) in [6.45, 7) is 8.04. The predicted octanol–water partition coefficient (Wildman–Crippen LogP) is 6.86. The Bertz CT molecular complexity index is 1790. The number of nitrogen functional groups attached to an aromatic ring is 2. The summed E-state index contributed by atoms with van der Waals surface area (Å²) in [6.07, 6.45) is 0. The largest absolute Gasteiger partial charge is 0.506 e. The summed E-state index contributed by atoms with van der Waals surface area (Å²) in [4.78, 5) is 0. The van der Waals surface area contributed by atoms with Crippen LogP contribution in [0.5, 0.6) is 5.75 Å². The zero-order chi connectivity index (χ0) is 28.5. The minimum atomic E-state index is -2.37. The zero-order valence-corrected chi connectivity index (χ0v) is 23.6. The second-order valence-corrected chi connectivity index (χ2v) is 11.5. The number of phenols is 1. The van der Waals surface area contributed by atoms with Crippen LogP contribution >= 0.6 is 0 Å². The highest BCUT2D eigenvalue weighted by molar-refractivity contribution is 7.80. The minimum Gasteiger partial charge on any atom is -0.506 e. The van der Waals surface area contributed by atoms with Crippen LogP contribution in [0.3, 0.4) is 0 Å². The van der Waals surface area contributed by atoms with Gasteiger partial charge >= 0.3 is 0 Å². The van der Waals surface area contributed by atoms with Gasteiger partial charge in [0.15, 0.2) is 0 Å². The summed E-state index contributed by atoms with van der Waals surface area (Å²) in [5.74, 6) is -0.106. The van der Waals surface area contributed by atoms with Crippen molar-refractivity contribution in [3.05, 3.63) is 117 Å². The molecule has 0 amide bonds. The maximum absolute atomic E-state index is 11.8. The van der Waals surface area contributed by atoms with E-state index in [4.69, 9.17) is 11.5 Å². The molecule has 0 saturated carbocycles. The fourth-order valence-electron chi connectivity index (χ4n) is 6.39. The lowest BCUT2D eigenvalue weighted by molar-refractivity contribution is 0.477. The number of aromatic hydroxyl groups is 1. The van der Waals surface area contributed by atoms with Crippen LogP contribution in [0.2, 0.25) is 0 Å². The van der Waals surface area contributed by atoms with Crippen molar-refractivity contribution >= 4 is 39.1 Å². The number of hydrogen-bond acceptors (Lipinski definition) is 4. The van der Waals surface area contributed by atoms with E-state index in [1.807, 2.05) is 39.8 Å². The number of rotatable bonds is 4. The molecular formula is C33H31N3O3S. The Hall–Kier alpha value is -4.33. The maximum atomic E-state index is 11.8. The fourth-order valence-corrected chi connectivity index (χ4v) is 6.74. The molecular weight excluding hydrogens is 518 g/mol. The Morgan fingerprint density at radius 3 is 1.65 bits per heavy atom. The van der Waals surface area contributed by atoms with Crippen LogP contribution in [0.25, 0.3) is 21.9 Å². The SMILES string of the molecule is Cc1cc(C2(c3cc(C)c(N)c(C)c3)c3cc(NS(=O)O)c(O)cc3-c3cc4ccccc4cc32)cc(C)c1N. The summed E-state index contributed by atoms with van der Waals surface area (Å²) in [5.41, 5.74) is 23.3. The summed E-state index contributed by atoms with van der Waals surface area (Å²) >= 11 is -2.37. The van der Waals surface area contributed by atoms with E-state index in [9.17, 15) is 13.9 Å². The first-order chi connectivity index (χ1) is 19.0. The fraction of sp³-hybridized carbons (Fsp3) is 0.152. The molecule has 0 saturated heterocycles. The van der Waals surface area contributed by atoms with Gasteiger partial charge in [-0.05, 0) is 118 Å². The van der Waals surface area contributed by atoms with Gasteiger partial charge in [0.25, 0.3) is 11.3 Å². The van der Waals surface area contributed by atoms with Crippen molar-refractivity contribution in [2.75, 3.05) is 16.2 Å². The second kappa shape index (κ2) is 9.11. The Labute approximate surface area is 236 Å². The Kier molecular flexibility index (Phi) is 5.91. The summed E-state index contributed by atoms with van der Waals surface area (Å²) in [7, 11) is 0. The van der Waals surface area contributed by atoms with Crippen LogP contribution in [-0.4, -0.2) is 13.9 Å². The van der Waals surface area contributed by atoms with Crippen molar-refractivity contribution in [1.29, 1.82) is 0 Å². The molecule has 0 bridgehead atoms. The molecule has 0 fully saturated rings. The van der Waals surface area contributed by atoms with Gasteiger partial charge < -0.3 is 16.6 Å². The average Bonchev–Trinajstić information content (AvgIpc) is 3.17. The molecule has 7 heteroatoms. The molecule has 40 heavy (non-hydrogen) atoms. The third-order valence-corrected chi connectivity index (χ3v) is 8.77. The maximum Gasteiger partial charge on any atom is 0.259 e. The van der Waals surface area contributed by atoms with Crippen LogP contribution in [0.4, 0.5) is 17.1 Å². The monoisotopic (exact) mass is 549 g/mol. The van der Waals surface area contributed by atoms with Crippen molar-refractivity contribution in [1.82, 2.24) is 0 Å². The molecule has 1 aliphatic rings. The first-order valence-corrected chi connectivity index (χ1v) is 14.2. The van der Waals surface area contributed by atoms with Crippen LogP contribution in [0.15, 0.2) is 72.8 Å². The summed E-state index contributed by atoms with van der Waals surface area (Å²) in [5, 5.41) is 13.1. The van der Waals surface area contributed by atoms with Gasteiger partial charge in [0.1, 0.15) is 5.75 Å². The third-order valence-electron chi connectivity index (χ3n) is 8.37. The number of nitrogens with one attached hydrogen (secondary N) is 1. The third kappa shape index (κ3) is 3.69. The molecule has 0 radical (unpaired) electrons. The molecule has 1 aliphatic carbocycles. The molecule has 1 atom stereocenters. The molecule has 0 aromatic heterocycles. The lowest BCUT2D eigenvalue weighted by atomic mass is 9.66. The van der Waals surface area contributed by atoms with Crippen LogP contribution < -0.4 is 16.2 Å². The van der Waals surface area contributed by atoms with E-state index in [-0.39, 0.29) is 11.4 Å². The van der Waals surface area contributed by atoms with Crippen molar-refractivity contribution in [2.45, 2.75) is 33.1 Å². The highest BCUT2D eigenvalue weighted by Gasteiger charge is 2.47. The second-order valence-electron chi connectivity index (χ2n) is 10.8. The van der Waals surface area contributed by atoms with Crippen molar-refractivity contribution in [3.63, 3.8) is 0 Å². The van der Waals surface area contributed by atoms with Crippen LogP contribution in [0.1, 0.15) is 44.5 Å². The molecule has 0 aliphatic heterocycles. The number of fused-ring (bicyclic) bond motifs is 4. The van der Waals surface area contributed by atoms with Crippen LogP contribution in [0, 0.1) is 27.7 Å². The van der Waals surface area contributed by atoms with E-state index < -0.39 is 16.7 Å². The standard InChI is InChI=1S/C33H31N3O3S/c1-17-9-23(10-18(2)31(17)34)33(24-11-19(3)32(35)20(4)12-24)27-14-22-8-6-5-7-21(22)13-25(27)26-15-30(37)29(16-28(26)33)36-40(38)39/h5-16,36-37H,34-35H2,1-4H3,(H,38,39). The molecule has 5 aromatic rings. The minimum absolute atomic E-state index is 0.106. The Morgan fingerprint density at radius 1 is 0.700 bits per heavy atom. The Balaban J connectivity index is 1.86. The number of nitrogens with two attached hydrogens (primary N) is 2. The first-order valence-electron chi connectivity index (χ1n) is 13.1. The molecule has 0 heterocycles. The van der Waals surface area contributed by atoms with E-state index in [2.05, 4.69) is 53.3 Å². The number of hydrogen-bond donors (Lipinski definition) is 5. The number of anilines is 3. The number of aryl methyl sites for hydroxylation is 4. The first kappa shape index (κ1) is 25.9. The molecule has 6 nitrogen and oxygen atoms in total. The van der Waals surface area contributed by atoms with E-state index in [1.54, 1.807) is 12.1 Å². The molecule has 0 spiro atoms. The zero-order valence-electron chi connectivity index (χ0n) is 22.8. The van der Waals surface area contributed by atoms with E-state index >= 15 is 0 Å². The highest BCUT2D eigenvalue weighted by atomic mass is 32.2. The topological polar surface area (TPSA) is 122 Å². The number of benzene rings is 5. The van der Waals surface area contributed by atoms with Gasteiger partial charge in [-0.1, -0.05) is 48.5 Å². The quantitative estimate of drug-likeness (QED) is 0.0935. The van der Waals surface area contributed by atoms with Crippen molar-refractivity contribution in [2.24, 2.45) is 0 Å². The molecule has 5 aromatic carbocycles. The smallest absolute Gasteiger partial charge is 0.259 e. The van der Waals surface area contributed by atoms with Crippen LogP contribution in [-0.2, 0) is 16.7 Å². The summed E-state index contributed by atoms with van der Waals surface area (Å²) in [6, 6.07) is 24.6. The van der Waals surface area contributed by atoms with Gasteiger partial charge in [-0.3, -0.25) is 9.27 Å². The molecule has 6 rings (SSSR count). The van der Waals surface area contributed by atoms with Gasteiger partial charge in [0, 0.05) is 11.4 Å². The van der Waals surface area contributed by atoms with Crippen molar-refractivity contribution < 1.29 is 13.9 Å². The lowest BCUT2D eigenvalue weighted by Gasteiger charge is -2.36. The number of phenolic OH excluding ortho intramolecular Hbond substituents is 1. The lowest BCUT2D eigenvalue weighted by Crippen LogP contribution is -2.29. The van der Waals surface area contributed by atoms with E-state index in [0.717, 1.165) is 77.8 Å². The normalized spacial score (nSPS) is 14.1. The molecule has 202 valence electrons. The van der Waals surface area contributed by atoms with Crippen molar-refractivity contribution in [3.8, 4) is 16.9 Å². The summed E-state index contributed by atoms with van der Waals surface area (Å²) < 4.78 is 24.0. The highest BCUT2D eigenvalue weighted by Crippen LogP contribution is 2.59. The average molecular weight is 550 g/mol. The van der Waals surface area contributed by atoms with E-state index in [1.165, 1.54) is 0 Å². The van der Waals surface area contributed by atoms with Gasteiger partial charge in [-0.2, -0.15) is 0 Å². The van der Waals surface area contributed by atoms with Gasteiger partial charge in [0.2, 0.25) is 0 Å². The molecule has 7 N–H and O–H groups in total. The van der Waals surface area contributed by atoms with E-state index in [0.29, 0.717) is 0 Å². The Morgan fingerprint density at radius 2 is 1.15 bits per heavy atom. The van der Waals surface area contributed by atoms with Gasteiger partial charge in [-0.15, -0.1) is 0 Å².